The minimum atomic E-state index is 0.506. The monoisotopic (exact) mass is 433 g/mol. The van der Waals surface area contributed by atoms with E-state index in [1.165, 1.54) is 0 Å². The lowest BCUT2D eigenvalue weighted by atomic mass is 10.1. The van der Waals surface area contributed by atoms with Crippen molar-refractivity contribution in [1.82, 2.24) is 9.38 Å². The minimum absolute atomic E-state index is 0.506. The van der Waals surface area contributed by atoms with Gasteiger partial charge >= 0.3 is 0 Å². The van der Waals surface area contributed by atoms with Crippen LogP contribution in [-0.2, 0) is 0 Å². The zero-order valence-corrected chi connectivity index (χ0v) is 16.7. The van der Waals surface area contributed by atoms with Crippen LogP contribution in [0.3, 0.4) is 0 Å². The average Bonchev–Trinajstić information content (AvgIpc) is 2.99. The molecular weight excluding hydrogens is 424 g/mol. The second-order valence-corrected chi connectivity index (χ2v) is 7.45. The van der Waals surface area contributed by atoms with Gasteiger partial charge in [-0.2, -0.15) is 0 Å². The number of aliphatic imine (C=N–C) groups is 1. The lowest BCUT2D eigenvalue weighted by Crippen LogP contribution is -1.86. The molecule has 0 aliphatic heterocycles. The highest BCUT2D eigenvalue weighted by Gasteiger charge is 2.16. The van der Waals surface area contributed by atoms with Crippen molar-refractivity contribution in [1.29, 1.82) is 0 Å². The van der Waals surface area contributed by atoms with Crippen LogP contribution in [0, 0.1) is 0 Å². The molecule has 0 aliphatic carbocycles. The first kappa shape index (κ1) is 18.3. The summed E-state index contributed by atoms with van der Waals surface area (Å²) in [6.45, 7) is 0. The summed E-state index contributed by atoms with van der Waals surface area (Å²) in [5.74, 6) is 0.640. The topological polar surface area (TPSA) is 29.7 Å². The fourth-order valence-corrected chi connectivity index (χ4v) is 3.66. The number of benzene rings is 2. The fraction of sp³-hybridized carbons (Fsp3) is 0. The third kappa shape index (κ3) is 3.69. The smallest absolute Gasteiger partial charge is 0.165 e. The molecule has 2 heterocycles. The molecule has 0 bridgehead atoms. The molecule has 7 heteroatoms. The maximum absolute atomic E-state index is 6.40. The van der Waals surface area contributed by atoms with Crippen molar-refractivity contribution in [2.45, 2.75) is 0 Å². The Labute approximate surface area is 175 Å². The number of hydrogen-bond acceptors (Lipinski definition) is 2. The van der Waals surface area contributed by atoms with Crippen LogP contribution in [0.4, 0.5) is 5.82 Å². The maximum atomic E-state index is 6.40. The summed E-state index contributed by atoms with van der Waals surface area (Å²) in [6.07, 6.45) is 3.58. The van der Waals surface area contributed by atoms with Crippen LogP contribution in [0.1, 0.15) is 5.56 Å². The van der Waals surface area contributed by atoms with Crippen molar-refractivity contribution < 1.29 is 0 Å². The van der Waals surface area contributed by atoms with E-state index in [-0.39, 0.29) is 0 Å². The Balaban J connectivity index is 1.89. The summed E-state index contributed by atoms with van der Waals surface area (Å²) in [5, 5.41) is 2.16. The van der Waals surface area contributed by atoms with Crippen LogP contribution >= 0.6 is 46.4 Å². The molecule has 4 rings (SSSR count). The molecule has 3 nitrogen and oxygen atoms in total. The number of nitrogens with zero attached hydrogens (tertiary/aromatic N) is 3. The number of fused-ring (bicyclic) bond motifs is 1. The summed E-state index contributed by atoms with van der Waals surface area (Å²) in [6, 6.07) is 16.3. The molecule has 2 aromatic carbocycles. The molecule has 0 N–H and O–H groups in total. The lowest BCUT2D eigenvalue weighted by molar-refractivity contribution is 1.17. The van der Waals surface area contributed by atoms with Crippen LogP contribution in [0.2, 0.25) is 20.1 Å². The van der Waals surface area contributed by atoms with Gasteiger partial charge in [0.1, 0.15) is 11.3 Å². The Bertz CT molecular complexity index is 1180. The van der Waals surface area contributed by atoms with Gasteiger partial charge in [0.2, 0.25) is 0 Å². The van der Waals surface area contributed by atoms with Crippen molar-refractivity contribution in [2.75, 3.05) is 0 Å². The molecule has 0 radical (unpaired) electrons. The van der Waals surface area contributed by atoms with E-state index in [1.807, 2.05) is 40.9 Å². The van der Waals surface area contributed by atoms with E-state index < -0.39 is 0 Å². The van der Waals surface area contributed by atoms with Crippen LogP contribution < -0.4 is 0 Å². The molecule has 0 atom stereocenters. The molecule has 2 aromatic heterocycles. The Kier molecular flexibility index (Phi) is 5.11. The van der Waals surface area contributed by atoms with Gasteiger partial charge in [-0.05, 0) is 42.5 Å². The highest BCUT2D eigenvalue weighted by Crippen LogP contribution is 2.36. The van der Waals surface area contributed by atoms with Gasteiger partial charge in [0.15, 0.2) is 5.82 Å². The number of aromatic nitrogens is 2. The van der Waals surface area contributed by atoms with Crippen molar-refractivity contribution in [3.63, 3.8) is 0 Å². The van der Waals surface area contributed by atoms with E-state index in [1.54, 1.807) is 30.5 Å². The van der Waals surface area contributed by atoms with Gasteiger partial charge < -0.3 is 0 Å². The highest BCUT2D eigenvalue weighted by molar-refractivity contribution is 6.37. The third-order valence-electron chi connectivity index (χ3n) is 3.98. The van der Waals surface area contributed by atoms with E-state index in [2.05, 4.69) is 9.98 Å². The normalized spacial score (nSPS) is 11.6. The summed E-state index contributed by atoms with van der Waals surface area (Å²) < 4.78 is 1.89. The summed E-state index contributed by atoms with van der Waals surface area (Å²) in [5.41, 5.74) is 2.91. The summed E-state index contributed by atoms with van der Waals surface area (Å²) in [7, 11) is 0. The maximum Gasteiger partial charge on any atom is 0.165 e. The molecule has 0 spiro atoms. The van der Waals surface area contributed by atoms with Crippen molar-refractivity contribution in [2.24, 2.45) is 4.99 Å². The number of halogens is 4. The lowest BCUT2D eigenvalue weighted by Gasteiger charge is -2.04. The van der Waals surface area contributed by atoms with Crippen molar-refractivity contribution >= 4 is 64.1 Å². The van der Waals surface area contributed by atoms with E-state index in [9.17, 15) is 0 Å². The van der Waals surface area contributed by atoms with E-state index in [0.29, 0.717) is 31.6 Å². The first-order chi connectivity index (χ1) is 13.0. The summed E-state index contributed by atoms with van der Waals surface area (Å²) in [4.78, 5) is 9.34. The number of rotatable bonds is 3. The van der Waals surface area contributed by atoms with E-state index in [0.717, 1.165) is 16.8 Å². The van der Waals surface area contributed by atoms with Gasteiger partial charge in [0.05, 0.1) is 10.0 Å². The van der Waals surface area contributed by atoms with Gasteiger partial charge in [-0.15, -0.1) is 0 Å². The standard InChI is InChI=1S/C20H11Cl4N3/c21-13-5-4-12(16(23)9-13)11-25-20-19(15-7-6-14(22)10-17(15)24)26-18-3-1-2-8-27(18)20/h1-11H/b25-11+. The second kappa shape index (κ2) is 7.53. The predicted octanol–water partition coefficient (Wildman–Crippen LogP) is 7.37. The van der Waals surface area contributed by atoms with Gasteiger partial charge in [0.25, 0.3) is 0 Å². The highest BCUT2D eigenvalue weighted by atomic mass is 35.5. The quantitative estimate of drug-likeness (QED) is 0.309. The van der Waals surface area contributed by atoms with Crippen LogP contribution in [0.15, 0.2) is 65.8 Å². The number of imidazole rings is 1. The molecule has 4 aromatic rings. The average molecular weight is 435 g/mol. The largest absolute Gasteiger partial charge is 0.284 e. The molecule has 0 amide bonds. The molecule has 134 valence electrons. The number of hydrogen-bond donors (Lipinski definition) is 0. The second-order valence-electron chi connectivity index (χ2n) is 5.76. The Morgan fingerprint density at radius 1 is 0.852 bits per heavy atom. The fourth-order valence-electron chi connectivity index (χ4n) is 2.71. The first-order valence-electron chi connectivity index (χ1n) is 7.94. The van der Waals surface area contributed by atoms with Gasteiger partial charge in [-0.25, -0.2) is 9.98 Å². The van der Waals surface area contributed by atoms with Crippen molar-refractivity contribution in [3.05, 3.63) is 86.4 Å². The van der Waals surface area contributed by atoms with E-state index in [4.69, 9.17) is 46.4 Å². The Morgan fingerprint density at radius 3 is 2.33 bits per heavy atom. The SMILES string of the molecule is Clc1ccc(/C=N/c2c(-c3ccc(Cl)cc3Cl)nc3ccccn23)c(Cl)c1. The molecule has 0 saturated heterocycles. The van der Waals surface area contributed by atoms with Gasteiger partial charge in [-0.1, -0.05) is 58.5 Å². The molecule has 0 aliphatic rings. The molecule has 0 fully saturated rings. The van der Waals surface area contributed by atoms with Crippen molar-refractivity contribution in [3.8, 4) is 11.3 Å². The molecule has 0 unspecified atom stereocenters. The van der Waals surface area contributed by atoms with Gasteiger partial charge in [0, 0.05) is 33.6 Å². The zero-order valence-electron chi connectivity index (χ0n) is 13.7. The Morgan fingerprint density at radius 2 is 1.59 bits per heavy atom. The minimum Gasteiger partial charge on any atom is -0.284 e. The van der Waals surface area contributed by atoms with Gasteiger partial charge in [-0.3, -0.25) is 4.40 Å². The third-order valence-corrected chi connectivity index (χ3v) is 5.09. The summed E-state index contributed by atoms with van der Waals surface area (Å²) >= 11 is 24.6. The van der Waals surface area contributed by atoms with Crippen LogP contribution in [0.5, 0.6) is 0 Å². The van der Waals surface area contributed by atoms with Crippen LogP contribution in [0.25, 0.3) is 16.9 Å². The first-order valence-corrected chi connectivity index (χ1v) is 9.46. The number of pyridine rings is 1. The Hall–Kier alpha value is -2.04. The van der Waals surface area contributed by atoms with E-state index >= 15 is 0 Å². The zero-order chi connectivity index (χ0) is 19.0. The molecular formula is C20H11Cl4N3. The molecule has 27 heavy (non-hydrogen) atoms. The predicted molar refractivity (Wildman–Crippen MR) is 114 cm³/mol. The van der Waals surface area contributed by atoms with Crippen LogP contribution in [-0.4, -0.2) is 15.6 Å². The molecule has 0 saturated carbocycles.